The maximum absolute atomic E-state index is 5.53. The van der Waals surface area contributed by atoms with Gasteiger partial charge in [-0.15, -0.1) is 11.3 Å². The van der Waals surface area contributed by atoms with Gasteiger partial charge >= 0.3 is 0 Å². The molecule has 2 aromatic heterocycles. The van der Waals surface area contributed by atoms with Crippen molar-refractivity contribution in [3.63, 3.8) is 0 Å². The van der Waals surface area contributed by atoms with E-state index in [-0.39, 0.29) is 0 Å². The number of thiophene rings is 1. The summed E-state index contributed by atoms with van der Waals surface area (Å²) in [6.07, 6.45) is 3.02. The molecule has 0 amide bonds. The quantitative estimate of drug-likeness (QED) is 0.746. The van der Waals surface area contributed by atoms with E-state index in [0.717, 1.165) is 30.2 Å². The topological polar surface area (TPSA) is 63.8 Å². The molecule has 0 saturated carbocycles. The SMILES string of the molecule is NCc1ncc2c3c(sc2n1)CCNC3. The van der Waals surface area contributed by atoms with Gasteiger partial charge in [-0.1, -0.05) is 0 Å². The molecule has 0 atom stereocenters. The molecule has 15 heavy (non-hydrogen) atoms. The van der Waals surface area contributed by atoms with Crippen LogP contribution in [0, 0.1) is 0 Å². The number of fused-ring (bicyclic) bond motifs is 3. The zero-order valence-electron chi connectivity index (χ0n) is 8.29. The predicted molar refractivity (Wildman–Crippen MR) is 60.7 cm³/mol. The lowest BCUT2D eigenvalue weighted by Crippen LogP contribution is -2.22. The highest BCUT2D eigenvalue weighted by molar-refractivity contribution is 7.18. The summed E-state index contributed by atoms with van der Waals surface area (Å²) in [5.41, 5.74) is 6.91. The first-order chi connectivity index (χ1) is 7.38. The fourth-order valence-corrected chi connectivity index (χ4v) is 3.10. The van der Waals surface area contributed by atoms with Crippen molar-refractivity contribution in [2.24, 2.45) is 5.73 Å². The van der Waals surface area contributed by atoms with Crippen LogP contribution in [0.3, 0.4) is 0 Å². The maximum Gasteiger partial charge on any atom is 0.143 e. The lowest BCUT2D eigenvalue weighted by molar-refractivity contribution is 0.656. The van der Waals surface area contributed by atoms with Crippen molar-refractivity contribution in [3.05, 3.63) is 22.5 Å². The van der Waals surface area contributed by atoms with Crippen LogP contribution in [-0.4, -0.2) is 16.5 Å². The highest BCUT2D eigenvalue weighted by atomic mass is 32.1. The van der Waals surface area contributed by atoms with Gasteiger partial charge in [-0.25, -0.2) is 9.97 Å². The van der Waals surface area contributed by atoms with E-state index in [1.807, 2.05) is 6.20 Å². The molecule has 3 heterocycles. The Morgan fingerprint density at radius 2 is 2.47 bits per heavy atom. The summed E-state index contributed by atoms with van der Waals surface area (Å²) >= 11 is 1.78. The van der Waals surface area contributed by atoms with Crippen LogP contribution < -0.4 is 11.1 Å². The standard InChI is InChI=1S/C10H12N4S/c11-3-9-13-5-7-6-4-12-2-1-8(6)15-10(7)14-9/h5,12H,1-4,11H2. The summed E-state index contributed by atoms with van der Waals surface area (Å²) in [6, 6.07) is 0. The van der Waals surface area contributed by atoms with Crippen LogP contribution in [0.25, 0.3) is 10.2 Å². The van der Waals surface area contributed by atoms with Gasteiger partial charge in [0, 0.05) is 29.5 Å². The van der Waals surface area contributed by atoms with E-state index in [9.17, 15) is 0 Å². The average Bonchev–Trinajstić information content (AvgIpc) is 2.66. The van der Waals surface area contributed by atoms with E-state index in [2.05, 4.69) is 15.3 Å². The fourth-order valence-electron chi connectivity index (χ4n) is 1.92. The van der Waals surface area contributed by atoms with Crippen molar-refractivity contribution in [2.45, 2.75) is 19.5 Å². The Labute approximate surface area is 91.5 Å². The maximum atomic E-state index is 5.53. The number of nitrogens with one attached hydrogen (secondary N) is 1. The lowest BCUT2D eigenvalue weighted by Gasteiger charge is -2.11. The van der Waals surface area contributed by atoms with E-state index in [1.165, 1.54) is 15.8 Å². The molecule has 0 spiro atoms. The molecule has 3 rings (SSSR count). The van der Waals surface area contributed by atoms with Crippen LogP contribution in [-0.2, 0) is 19.5 Å². The van der Waals surface area contributed by atoms with Gasteiger partial charge in [-0.3, -0.25) is 0 Å². The van der Waals surface area contributed by atoms with Gasteiger partial charge in [0.1, 0.15) is 10.7 Å². The normalized spacial score (nSPS) is 15.5. The van der Waals surface area contributed by atoms with E-state index in [4.69, 9.17) is 5.73 Å². The van der Waals surface area contributed by atoms with Crippen molar-refractivity contribution in [3.8, 4) is 0 Å². The number of hydrogen-bond acceptors (Lipinski definition) is 5. The molecular weight excluding hydrogens is 208 g/mol. The lowest BCUT2D eigenvalue weighted by atomic mass is 10.1. The Morgan fingerprint density at radius 3 is 3.33 bits per heavy atom. The smallest absolute Gasteiger partial charge is 0.143 e. The van der Waals surface area contributed by atoms with E-state index in [1.54, 1.807) is 11.3 Å². The van der Waals surface area contributed by atoms with Crippen LogP contribution in [0.4, 0.5) is 0 Å². The van der Waals surface area contributed by atoms with Gasteiger partial charge in [0.15, 0.2) is 0 Å². The number of nitrogens with two attached hydrogens (primary N) is 1. The molecule has 0 aromatic carbocycles. The number of rotatable bonds is 1. The molecule has 5 heteroatoms. The second-order valence-corrected chi connectivity index (χ2v) is 4.72. The third-order valence-corrected chi connectivity index (χ3v) is 3.90. The zero-order chi connectivity index (χ0) is 10.3. The summed E-state index contributed by atoms with van der Waals surface area (Å²) in [4.78, 5) is 11.2. The van der Waals surface area contributed by atoms with E-state index < -0.39 is 0 Å². The Balaban J connectivity index is 2.22. The summed E-state index contributed by atoms with van der Waals surface area (Å²) < 4.78 is 0. The summed E-state index contributed by atoms with van der Waals surface area (Å²) in [6.45, 7) is 2.43. The van der Waals surface area contributed by atoms with Gasteiger partial charge in [-0.05, 0) is 12.0 Å². The second kappa shape index (κ2) is 3.52. The molecule has 1 aliphatic rings. The molecule has 4 nitrogen and oxygen atoms in total. The van der Waals surface area contributed by atoms with Crippen molar-refractivity contribution < 1.29 is 0 Å². The van der Waals surface area contributed by atoms with Gasteiger partial charge in [0.25, 0.3) is 0 Å². The minimum Gasteiger partial charge on any atom is -0.324 e. The molecule has 3 N–H and O–H groups in total. The van der Waals surface area contributed by atoms with E-state index >= 15 is 0 Å². The Bertz CT molecular complexity index is 505. The van der Waals surface area contributed by atoms with Crippen LogP contribution in [0.1, 0.15) is 16.3 Å². The molecule has 2 aromatic rings. The number of aromatic nitrogens is 2. The molecule has 0 unspecified atom stereocenters. The first-order valence-corrected chi connectivity index (χ1v) is 5.87. The molecule has 78 valence electrons. The van der Waals surface area contributed by atoms with Crippen molar-refractivity contribution in [2.75, 3.05) is 6.54 Å². The van der Waals surface area contributed by atoms with Crippen molar-refractivity contribution in [1.29, 1.82) is 0 Å². The predicted octanol–water partition coefficient (Wildman–Crippen LogP) is 0.796. The molecule has 0 bridgehead atoms. The van der Waals surface area contributed by atoms with Gasteiger partial charge in [0.05, 0.1) is 6.54 Å². The largest absolute Gasteiger partial charge is 0.324 e. The van der Waals surface area contributed by atoms with Crippen molar-refractivity contribution in [1.82, 2.24) is 15.3 Å². The molecule has 0 aliphatic carbocycles. The highest BCUT2D eigenvalue weighted by Gasteiger charge is 2.16. The minimum atomic E-state index is 0.413. The number of nitrogens with zero attached hydrogens (tertiary/aromatic N) is 2. The van der Waals surface area contributed by atoms with Crippen LogP contribution in [0.5, 0.6) is 0 Å². The van der Waals surface area contributed by atoms with Gasteiger partial charge in [-0.2, -0.15) is 0 Å². The monoisotopic (exact) mass is 220 g/mol. The highest BCUT2D eigenvalue weighted by Crippen LogP contribution is 2.31. The molecule has 1 aliphatic heterocycles. The molecular formula is C10H12N4S. The van der Waals surface area contributed by atoms with Gasteiger partial charge < -0.3 is 11.1 Å². The molecule has 0 fully saturated rings. The Kier molecular flexibility index (Phi) is 2.16. The van der Waals surface area contributed by atoms with Crippen LogP contribution >= 0.6 is 11.3 Å². The average molecular weight is 220 g/mol. The van der Waals surface area contributed by atoms with Crippen LogP contribution in [0.2, 0.25) is 0 Å². The Morgan fingerprint density at radius 1 is 1.53 bits per heavy atom. The fraction of sp³-hybridized carbons (Fsp3) is 0.400. The molecule has 0 radical (unpaired) electrons. The second-order valence-electron chi connectivity index (χ2n) is 3.64. The van der Waals surface area contributed by atoms with Gasteiger partial charge in [0.2, 0.25) is 0 Å². The zero-order valence-corrected chi connectivity index (χ0v) is 9.10. The minimum absolute atomic E-state index is 0.413. The third kappa shape index (κ3) is 1.43. The van der Waals surface area contributed by atoms with Crippen LogP contribution in [0.15, 0.2) is 6.20 Å². The first kappa shape index (κ1) is 9.21. The molecule has 0 saturated heterocycles. The number of hydrogen-bond donors (Lipinski definition) is 2. The first-order valence-electron chi connectivity index (χ1n) is 5.05. The summed E-state index contributed by atoms with van der Waals surface area (Å²) in [5.74, 6) is 0.731. The summed E-state index contributed by atoms with van der Waals surface area (Å²) in [5, 5.41) is 4.57. The van der Waals surface area contributed by atoms with E-state index in [0.29, 0.717) is 6.54 Å². The van der Waals surface area contributed by atoms with Crippen molar-refractivity contribution >= 4 is 21.6 Å². The summed E-state index contributed by atoms with van der Waals surface area (Å²) in [7, 11) is 0. The third-order valence-electron chi connectivity index (χ3n) is 2.70. The Hall–Kier alpha value is -1.04.